The molecular weight excluding hydrogens is 258 g/mol. The average molecular weight is 273 g/mol. The van der Waals surface area contributed by atoms with E-state index in [-0.39, 0.29) is 0 Å². The Hall–Kier alpha value is -1.85. The topological polar surface area (TPSA) is 52.5 Å². The first kappa shape index (κ1) is 12.2. The zero-order valence-corrected chi connectivity index (χ0v) is 11.5. The van der Waals surface area contributed by atoms with E-state index >= 15 is 0 Å². The Morgan fingerprint density at radius 1 is 1.42 bits per heavy atom. The molecule has 0 fully saturated rings. The van der Waals surface area contributed by atoms with Gasteiger partial charge in [-0.15, -0.1) is 11.3 Å². The van der Waals surface area contributed by atoms with E-state index < -0.39 is 0 Å². The Morgan fingerprint density at radius 3 is 3.11 bits per heavy atom. The molecule has 2 N–H and O–H groups in total. The maximum absolute atomic E-state index is 5.66. The zero-order valence-electron chi connectivity index (χ0n) is 10.7. The number of methoxy groups -OCH3 is 1. The monoisotopic (exact) mass is 273 g/mol. The Balaban J connectivity index is 2.15. The van der Waals surface area contributed by atoms with Crippen molar-refractivity contribution < 1.29 is 4.74 Å². The number of nitrogens with two attached hydrogens (primary N) is 1. The van der Waals surface area contributed by atoms with Crippen molar-refractivity contribution in [3.63, 3.8) is 0 Å². The third-order valence-corrected chi connectivity index (χ3v) is 3.93. The lowest BCUT2D eigenvalue weighted by molar-refractivity contribution is 0.415. The molecule has 19 heavy (non-hydrogen) atoms. The van der Waals surface area contributed by atoms with Crippen LogP contribution in [0.3, 0.4) is 0 Å². The van der Waals surface area contributed by atoms with E-state index in [4.69, 9.17) is 10.5 Å². The smallest absolute Gasteiger partial charge is 0.194 e. The largest absolute Gasteiger partial charge is 0.497 e. The van der Waals surface area contributed by atoms with Crippen LogP contribution >= 0.6 is 11.3 Å². The first-order valence-electron chi connectivity index (χ1n) is 6.12. The van der Waals surface area contributed by atoms with E-state index in [2.05, 4.69) is 20.8 Å². The van der Waals surface area contributed by atoms with Crippen LogP contribution in [0, 0.1) is 0 Å². The predicted molar refractivity (Wildman–Crippen MR) is 77.8 cm³/mol. The van der Waals surface area contributed by atoms with Crippen LogP contribution in [0.5, 0.6) is 5.75 Å². The maximum atomic E-state index is 5.66. The number of benzene rings is 1. The normalized spacial score (nSPS) is 11.1. The summed E-state index contributed by atoms with van der Waals surface area (Å²) in [5, 5.41) is 2.12. The molecule has 1 aromatic carbocycles. The molecule has 2 heterocycles. The van der Waals surface area contributed by atoms with E-state index in [0.717, 1.165) is 34.1 Å². The van der Waals surface area contributed by atoms with Crippen molar-refractivity contribution >= 4 is 16.3 Å². The van der Waals surface area contributed by atoms with Gasteiger partial charge in [-0.1, -0.05) is 12.1 Å². The van der Waals surface area contributed by atoms with E-state index in [1.165, 1.54) is 0 Å². The highest BCUT2D eigenvalue weighted by molar-refractivity contribution is 7.15. The molecule has 0 saturated carbocycles. The summed E-state index contributed by atoms with van der Waals surface area (Å²) in [7, 11) is 1.68. The summed E-state index contributed by atoms with van der Waals surface area (Å²) >= 11 is 1.64. The van der Waals surface area contributed by atoms with Crippen LogP contribution in [-0.2, 0) is 6.42 Å². The third kappa shape index (κ3) is 2.11. The molecule has 0 unspecified atom stereocenters. The van der Waals surface area contributed by atoms with Crippen molar-refractivity contribution in [3.8, 4) is 17.0 Å². The quantitative estimate of drug-likeness (QED) is 0.795. The second kappa shape index (κ2) is 5.03. The summed E-state index contributed by atoms with van der Waals surface area (Å²) in [6.45, 7) is 0.626. The number of imidazole rings is 1. The summed E-state index contributed by atoms with van der Waals surface area (Å²) in [6, 6.07) is 8.06. The standard InChI is InChI=1S/C14H15N3OS/c1-18-12-4-2-3-10(7-12)13-9-19-14-16-8-11(5-6-15)17(13)14/h2-4,7-9H,5-6,15H2,1H3. The fraction of sp³-hybridized carbons (Fsp3) is 0.214. The fourth-order valence-corrected chi connectivity index (χ4v) is 3.07. The SMILES string of the molecule is COc1cccc(-c2csc3ncc(CCN)n23)c1. The lowest BCUT2D eigenvalue weighted by Crippen LogP contribution is -2.05. The summed E-state index contributed by atoms with van der Waals surface area (Å²) in [5.74, 6) is 0.859. The molecule has 0 radical (unpaired) electrons. The number of hydrogen-bond acceptors (Lipinski definition) is 4. The molecule has 4 nitrogen and oxygen atoms in total. The number of rotatable bonds is 4. The Morgan fingerprint density at radius 2 is 2.32 bits per heavy atom. The maximum Gasteiger partial charge on any atom is 0.194 e. The van der Waals surface area contributed by atoms with Crippen molar-refractivity contribution in [2.75, 3.05) is 13.7 Å². The van der Waals surface area contributed by atoms with E-state index in [1.807, 2.05) is 24.4 Å². The van der Waals surface area contributed by atoms with Crippen molar-refractivity contribution in [1.29, 1.82) is 0 Å². The molecule has 3 aromatic rings. The van der Waals surface area contributed by atoms with Crippen LogP contribution in [-0.4, -0.2) is 23.0 Å². The van der Waals surface area contributed by atoms with Gasteiger partial charge in [0.25, 0.3) is 0 Å². The third-order valence-electron chi connectivity index (χ3n) is 3.09. The van der Waals surface area contributed by atoms with Gasteiger partial charge in [0, 0.05) is 23.1 Å². The molecule has 0 bridgehead atoms. The predicted octanol–water partition coefficient (Wildman–Crippen LogP) is 2.57. The lowest BCUT2D eigenvalue weighted by Gasteiger charge is -2.05. The first-order chi connectivity index (χ1) is 9.33. The van der Waals surface area contributed by atoms with Gasteiger partial charge < -0.3 is 10.5 Å². The molecule has 5 heteroatoms. The van der Waals surface area contributed by atoms with Crippen LogP contribution in [0.1, 0.15) is 5.69 Å². The van der Waals surface area contributed by atoms with Crippen molar-refractivity contribution in [3.05, 3.63) is 41.5 Å². The fourth-order valence-electron chi connectivity index (χ4n) is 2.17. The molecule has 0 amide bonds. The summed E-state index contributed by atoms with van der Waals surface area (Å²) in [5.41, 5.74) is 9.07. The number of hydrogen-bond donors (Lipinski definition) is 1. The van der Waals surface area contributed by atoms with Gasteiger partial charge in [-0.3, -0.25) is 4.40 Å². The minimum atomic E-state index is 0.626. The highest BCUT2D eigenvalue weighted by atomic mass is 32.1. The second-order valence-corrected chi connectivity index (χ2v) is 5.10. The van der Waals surface area contributed by atoms with Gasteiger partial charge in [-0.05, 0) is 18.7 Å². The number of fused-ring (bicyclic) bond motifs is 1. The Kier molecular flexibility index (Phi) is 3.23. The molecule has 0 atom stereocenters. The Labute approximate surface area is 115 Å². The molecule has 0 aliphatic rings. The van der Waals surface area contributed by atoms with Crippen LogP contribution < -0.4 is 10.5 Å². The summed E-state index contributed by atoms with van der Waals surface area (Å²) in [6.07, 6.45) is 2.73. The molecule has 3 rings (SSSR count). The van der Waals surface area contributed by atoms with Gasteiger partial charge in [-0.25, -0.2) is 4.98 Å². The molecule has 2 aromatic heterocycles. The number of nitrogens with zero attached hydrogens (tertiary/aromatic N) is 2. The Bertz CT molecular complexity index is 702. The van der Waals surface area contributed by atoms with Crippen molar-refractivity contribution in [2.24, 2.45) is 5.73 Å². The minimum Gasteiger partial charge on any atom is -0.497 e. The zero-order chi connectivity index (χ0) is 13.2. The van der Waals surface area contributed by atoms with Crippen LogP contribution in [0.25, 0.3) is 16.2 Å². The van der Waals surface area contributed by atoms with Gasteiger partial charge in [0.2, 0.25) is 0 Å². The highest BCUT2D eigenvalue weighted by Gasteiger charge is 2.11. The van der Waals surface area contributed by atoms with Gasteiger partial charge in [0.05, 0.1) is 19.0 Å². The summed E-state index contributed by atoms with van der Waals surface area (Å²) < 4.78 is 7.46. The molecule has 0 aliphatic carbocycles. The molecule has 98 valence electrons. The van der Waals surface area contributed by atoms with E-state index in [0.29, 0.717) is 6.54 Å². The van der Waals surface area contributed by atoms with Crippen LogP contribution in [0.15, 0.2) is 35.8 Å². The van der Waals surface area contributed by atoms with Gasteiger partial charge in [0.15, 0.2) is 4.96 Å². The minimum absolute atomic E-state index is 0.626. The molecule has 0 saturated heterocycles. The number of ether oxygens (including phenoxy) is 1. The van der Waals surface area contributed by atoms with E-state index in [9.17, 15) is 0 Å². The van der Waals surface area contributed by atoms with Gasteiger partial charge >= 0.3 is 0 Å². The molecule has 0 aliphatic heterocycles. The summed E-state index contributed by atoms with van der Waals surface area (Å²) in [4.78, 5) is 5.42. The second-order valence-electron chi connectivity index (χ2n) is 4.26. The average Bonchev–Trinajstić information content (AvgIpc) is 3.02. The number of aromatic nitrogens is 2. The van der Waals surface area contributed by atoms with Crippen LogP contribution in [0.4, 0.5) is 0 Å². The number of thiazole rings is 1. The van der Waals surface area contributed by atoms with Crippen LogP contribution in [0.2, 0.25) is 0 Å². The highest BCUT2D eigenvalue weighted by Crippen LogP contribution is 2.29. The van der Waals surface area contributed by atoms with Crippen molar-refractivity contribution in [1.82, 2.24) is 9.38 Å². The van der Waals surface area contributed by atoms with Crippen molar-refractivity contribution in [2.45, 2.75) is 6.42 Å². The molecular formula is C14H15N3OS. The van der Waals surface area contributed by atoms with Gasteiger partial charge in [-0.2, -0.15) is 0 Å². The van der Waals surface area contributed by atoms with Gasteiger partial charge in [0.1, 0.15) is 5.75 Å². The molecule has 0 spiro atoms. The van der Waals surface area contributed by atoms with E-state index in [1.54, 1.807) is 18.4 Å². The lowest BCUT2D eigenvalue weighted by atomic mass is 10.1. The first-order valence-corrected chi connectivity index (χ1v) is 6.99.